The smallest absolute Gasteiger partial charge is 0.410 e. The highest BCUT2D eigenvalue weighted by Crippen LogP contribution is 2.32. The van der Waals surface area contributed by atoms with E-state index in [4.69, 9.17) is 85.7 Å². The number of nitrogen functional groups attached to an aromatic ring is 1. The van der Waals surface area contributed by atoms with Crippen molar-refractivity contribution in [2.45, 2.75) is 203 Å². The number of Topliss-reactive ketones (excluding diaryl/α,β-unsaturated/α-hetero) is 1. The monoisotopic (exact) mass is 2110 g/mol. The van der Waals surface area contributed by atoms with E-state index in [0.717, 1.165) is 97.9 Å². The number of aromatic nitrogens is 8. The van der Waals surface area contributed by atoms with Crippen LogP contribution in [0.3, 0.4) is 0 Å². The molecule has 0 radical (unpaired) electrons. The number of nitro benzene ring substituents is 3. The van der Waals surface area contributed by atoms with Gasteiger partial charge < -0.3 is 84.7 Å². The number of halogens is 3. The number of benzene rings is 4. The average molecular weight is 2110 g/mol. The summed E-state index contributed by atoms with van der Waals surface area (Å²) in [6.45, 7) is 42.8. The Kier molecular flexibility index (Phi) is 46.3. The van der Waals surface area contributed by atoms with Gasteiger partial charge in [-0.25, -0.2) is 73.4 Å². The van der Waals surface area contributed by atoms with E-state index in [-0.39, 0.29) is 93.0 Å². The van der Waals surface area contributed by atoms with Gasteiger partial charge in [-0.2, -0.15) is 10.3 Å². The number of ketones is 1. The van der Waals surface area contributed by atoms with Gasteiger partial charge in [0.2, 0.25) is 16.6 Å². The minimum absolute atomic E-state index is 0.0463. The summed E-state index contributed by atoms with van der Waals surface area (Å²) in [6.07, 6.45) is 15.4. The number of nitrogens with two attached hydrogens (primary N) is 2. The molecule has 44 nitrogen and oxygen atoms in total. The number of ether oxygens (including phenoxy) is 4. The molecule has 0 saturated carbocycles. The van der Waals surface area contributed by atoms with Gasteiger partial charge in [0.15, 0.2) is 5.78 Å². The summed E-state index contributed by atoms with van der Waals surface area (Å²) in [6, 6.07) is 20.7. The molecule has 8 aromatic rings. The highest BCUT2D eigenvalue weighted by molar-refractivity contribution is 6.32. The van der Waals surface area contributed by atoms with E-state index in [2.05, 4.69) is 73.6 Å². The first-order valence-corrected chi connectivity index (χ1v) is 49.3. The second kappa shape index (κ2) is 56.7. The third kappa shape index (κ3) is 41.3. The number of nitro groups is 3. The number of carboxylic acids is 2. The molecule has 0 aliphatic carbocycles. The lowest BCUT2D eigenvalue weighted by Crippen LogP contribution is -2.50. The number of isocyanates is 1. The first kappa shape index (κ1) is 121. The second-order valence-corrected chi connectivity index (χ2v) is 40.8. The van der Waals surface area contributed by atoms with Gasteiger partial charge in [-0.3, -0.25) is 35.1 Å². The number of likely N-dealkylation sites (tertiary alicyclic amines) is 3. The minimum Gasteiger partial charge on any atom is -0.478 e. The molecule has 4 aromatic heterocycles. The van der Waals surface area contributed by atoms with Crippen molar-refractivity contribution >= 4 is 129 Å². The summed E-state index contributed by atoms with van der Waals surface area (Å²) in [5.41, 5.74) is 13.6. The summed E-state index contributed by atoms with van der Waals surface area (Å²) in [4.78, 5) is 179. The van der Waals surface area contributed by atoms with Crippen molar-refractivity contribution in [2.24, 2.45) is 16.6 Å². The van der Waals surface area contributed by atoms with Gasteiger partial charge in [0.25, 0.3) is 17.1 Å². The summed E-state index contributed by atoms with van der Waals surface area (Å²) < 4.78 is 21.6. The lowest BCUT2D eigenvalue weighted by Gasteiger charge is -2.36. The zero-order valence-electron chi connectivity index (χ0n) is 87.1. The van der Waals surface area contributed by atoms with Crippen molar-refractivity contribution in [1.82, 2.24) is 69.3 Å². The van der Waals surface area contributed by atoms with E-state index in [1.54, 1.807) is 80.8 Å². The maximum Gasteiger partial charge on any atom is 0.410 e. The van der Waals surface area contributed by atoms with E-state index in [1.807, 2.05) is 122 Å². The van der Waals surface area contributed by atoms with E-state index >= 15 is 0 Å². The fourth-order valence-electron chi connectivity index (χ4n) is 15.2. The lowest BCUT2D eigenvalue weighted by atomic mass is 9.89. The van der Waals surface area contributed by atoms with Crippen LogP contribution >= 0.6 is 34.8 Å². The van der Waals surface area contributed by atoms with E-state index in [9.17, 15) is 68.7 Å². The molecule has 14 rings (SSSR count). The largest absolute Gasteiger partial charge is 0.478 e. The number of amides is 4. The van der Waals surface area contributed by atoms with Crippen LogP contribution in [0.2, 0.25) is 15.7 Å². The van der Waals surface area contributed by atoms with Gasteiger partial charge in [0.05, 0.1) is 43.2 Å². The van der Waals surface area contributed by atoms with Crippen LogP contribution in [0.25, 0.3) is 0 Å². The molecule has 0 bridgehead atoms. The molecule has 6 aliphatic heterocycles. The lowest BCUT2D eigenvalue weighted by molar-refractivity contribution is -0.385. The van der Waals surface area contributed by atoms with Gasteiger partial charge in [-0.15, -0.1) is 0 Å². The highest BCUT2D eigenvalue weighted by Gasteiger charge is 2.34. The van der Waals surface area contributed by atoms with E-state index in [1.165, 1.54) is 68.8 Å². The molecule has 800 valence electrons. The number of nitriles is 1. The molecule has 6 fully saturated rings. The Morgan fingerprint density at radius 3 is 1.14 bits per heavy atom. The minimum atomic E-state index is -1.23. The van der Waals surface area contributed by atoms with Crippen LogP contribution in [0.5, 0.6) is 0 Å². The van der Waals surface area contributed by atoms with E-state index in [0.29, 0.717) is 147 Å². The first-order valence-electron chi connectivity index (χ1n) is 48.2. The number of nitrogens with zero attached hydrogens (tertiary/aromatic N) is 22. The zero-order chi connectivity index (χ0) is 110. The number of aryl methyl sites for hydroxylation is 4. The molecule has 6 saturated heterocycles. The summed E-state index contributed by atoms with van der Waals surface area (Å²) in [5, 5.41) is 60.6. The molecule has 4 amide bonds. The number of carboxylic acid groups (broad SMARTS) is 2. The number of piperazine rings is 3. The highest BCUT2D eigenvalue weighted by atomic mass is 35.5. The predicted molar refractivity (Wildman–Crippen MR) is 560 cm³/mol. The van der Waals surface area contributed by atoms with Crippen LogP contribution in [-0.2, 0) is 36.6 Å². The van der Waals surface area contributed by atoms with Crippen LogP contribution in [0.15, 0.2) is 109 Å². The summed E-state index contributed by atoms with van der Waals surface area (Å²) >= 11 is 16.8. The fourth-order valence-corrected chi connectivity index (χ4v) is 15.6. The second-order valence-electron chi connectivity index (χ2n) is 39.8. The van der Waals surface area contributed by atoms with Crippen molar-refractivity contribution in [3.8, 4) is 6.07 Å². The Morgan fingerprint density at radius 1 is 0.453 bits per heavy atom. The molecule has 6 N–H and O–H groups in total. The molecule has 4 aromatic carbocycles. The quantitative estimate of drug-likeness (QED) is 0.00803. The number of aromatic carboxylic acids is 2. The Morgan fingerprint density at radius 2 is 0.791 bits per heavy atom. The number of carbonyl (C=O) groups is 7. The molecular formula is C101H135Cl3N24O20. The van der Waals surface area contributed by atoms with Gasteiger partial charge >= 0.3 is 36.3 Å². The van der Waals surface area contributed by atoms with Crippen molar-refractivity contribution in [3.63, 3.8) is 0 Å². The standard InChI is InChI=1S/C29H40N6O5.C22H27N5O6.C14H21ClN4O2.C10H19NO2.C8H4N2O.C7H6N2O4.C6H14N2.C5H4Cl2N2/c1-20-19-30-26(31-27(20)33-12-14-34(15-13-33)28(37)40-29(2,3)4)18-22-6-7-23(17-24(22)35(38)39)25(36)16-21-8-10-32(5)11-9-21;1-14-13-23-18(12-15-5-6-16(20(28)29)11-17(15)27(31)32)24-19(14)25-7-9-26(10-8-25)21(30)33-22(2,3)4;1-10-9-16-12(15)17-11(10)18-5-7-19(8-6-18)13(20)21-14(2,3)4;1-10(2,3)13-9(12)11-7-5-4-6-8-11;9-5-7-1-3-8(4-2-7)10-6-11;8-5-2-1-4(7(10)11)3-6(5)9(12)13;1-8-4-2-6(7)3-5-8;1-3-2-8-5(7)9-4(3)6/h6-7,17,19,21H,8-16,18H2,1-5H3;5-6,11,13H,7-10,12H2,1-4H3,(H,28,29);9H,5-8H2,1-4H3;4-8H2,1-3H3;1-4H;1-3H,8H2,(H,10,11);6H,2-5,7H2,1H3;2H,1H3. The zero-order valence-corrected chi connectivity index (χ0v) is 89.4. The summed E-state index contributed by atoms with van der Waals surface area (Å²) in [7, 11) is 4.22. The molecule has 6 aliphatic rings. The Labute approximate surface area is 876 Å². The van der Waals surface area contributed by atoms with Crippen molar-refractivity contribution < 1.29 is 82.3 Å². The molecule has 0 spiro atoms. The normalized spacial score (nSPS) is 15.1. The predicted octanol–water partition coefficient (Wildman–Crippen LogP) is 16.7. The van der Waals surface area contributed by atoms with Crippen LogP contribution in [0.4, 0.5) is 65.1 Å². The van der Waals surface area contributed by atoms with Crippen LogP contribution in [-0.4, -0.2) is 303 Å². The molecule has 10 heterocycles. The molecule has 0 atom stereocenters. The summed E-state index contributed by atoms with van der Waals surface area (Å²) in [5.74, 6) is 0.942. The van der Waals surface area contributed by atoms with Gasteiger partial charge in [-0.1, -0.05) is 29.8 Å². The SMILES string of the molecule is CC(C)(C)OC(=O)N1CCCCC1.CN1CCC(N)CC1.Cc1cnc(Cc2ccc(C(=O)CC3CCN(C)CC3)cc2[N+](=O)[O-])nc1N1CCN(C(=O)OC(C)(C)C)CC1.Cc1cnc(Cc2ccc(C(=O)O)cc2[N+](=O)[O-])nc1N1CCN(C(=O)OC(C)(C)C)CC1.Cc1cnc(Cl)nc1Cl.Cc1cnc(Cl)nc1N1CCN(C(=O)OC(C)(C)C)CC1.N#Cc1ccc(N=C=O)cc1.Nc1ccc(C(=O)O)cc1[N+](=O)[O-]. The molecular weight excluding hydrogens is 1980 g/mol. The Bertz CT molecular complexity index is 5960. The number of carbonyl (C=O) groups excluding carboxylic acids is 6. The number of piperidine rings is 3. The number of rotatable bonds is 16. The molecule has 0 unspecified atom stereocenters. The molecule has 148 heavy (non-hydrogen) atoms. The fraction of sp³-hybridized carbons (Fsp3) is 0.515. The first-order chi connectivity index (χ1) is 69.5. The number of hydrogen-bond donors (Lipinski definition) is 4. The maximum atomic E-state index is 12.9. The Hall–Kier alpha value is -14.1. The van der Waals surface area contributed by atoms with E-state index < -0.39 is 43.5 Å². The molecule has 47 heteroatoms. The van der Waals surface area contributed by atoms with Crippen molar-refractivity contribution in [2.75, 3.05) is 152 Å². The topological polar surface area (TPSA) is 564 Å². The van der Waals surface area contributed by atoms with Crippen molar-refractivity contribution in [3.05, 3.63) is 217 Å². The van der Waals surface area contributed by atoms with Gasteiger partial charge in [0, 0.05) is 199 Å². The third-order valence-corrected chi connectivity index (χ3v) is 23.8. The van der Waals surface area contributed by atoms with Gasteiger partial charge in [-0.05, 0) is 268 Å². The number of anilines is 4. The number of hydrogen-bond acceptors (Lipinski definition) is 35. The average Bonchev–Trinajstić information content (AvgIpc) is 1.56. The third-order valence-electron chi connectivity index (χ3n) is 23.0. The maximum absolute atomic E-state index is 12.9. The van der Waals surface area contributed by atoms with Crippen LogP contribution in [0.1, 0.15) is 216 Å². The van der Waals surface area contributed by atoms with Crippen LogP contribution in [0, 0.1) is 75.3 Å². The van der Waals surface area contributed by atoms with Crippen molar-refractivity contribution in [1.29, 1.82) is 5.26 Å². The number of aliphatic imine (C=N–C) groups is 1. The van der Waals surface area contributed by atoms with Gasteiger partial charge in [0.1, 0.15) is 62.3 Å². The Balaban J connectivity index is 0.000000245. The van der Waals surface area contributed by atoms with Crippen LogP contribution < -0.4 is 26.2 Å².